The summed E-state index contributed by atoms with van der Waals surface area (Å²) in [5.74, 6) is -0.306. The van der Waals surface area contributed by atoms with E-state index in [-0.39, 0.29) is 5.82 Å². The molecule has 0 aliphatic rings. The van der Waals surface area contributed by atoms with Crippen molar-refractivity contribution < 1.29 is 4.39 Å². The van der Waals surface area contributed by atoms with E-state index in [1.807, 2.05) is 29.0 Å². The van der Waals surface area contributed by atoms with Gasteiger partial charge in [0, 0.05) is 30.5 Å². The van der Waals surface area contributed by atoms with Crippen molar-refractivity contribution in [2.75, 3.05) is 0 Å². The first kappa shape index (κ1) is 9.96. The summed E-state index contributed by atoms with van der Waals surface area (Å²) >= 11 is 0. The predicted molar refractivity (Wildman–Crippen MR) is 63.0 cm³/mol. The number of rotatable bonds is 2. The molecule has 0 fully saturated rings. The lowest BCUT2D eigenvalue weighted by Gasteiger charge is -2.04. The van der Waals surface area contributed by atoms with Crippen molar-refractivity contribution in [3.8, 4) is 0 Å². The molecule has 0 aliphatic heterocycles. The van der Waals surface area contributed by atoms with E-state index in [0.717, 1.165) is 16.6 Å². The van der Waals surface area contributed by atoms with Crippen LogP contribution in [0.5, 0.6) is 0 Å². The van der Waals surface area contributed by atoms with Gasteiger partial charge < -0.3 is 4.57 Å². The summed E-state index contributed by atoms with van der Waals surface area (Å²) in [4.78, 5) is 8.08. The fourth-order valence-electron chi connectivity index (χ4n) is 1.86. The Kier molecular flexibility index (Phi) is 2.33. The second-order valence-electron chi connectivity index (χ2n) is 3.87. The molecule has 0 radical (unpaired) electrons. The Morgan fingerprint density at radius 1 is 1.18 bits per heavy atom. The first-order valence-electron chi connectivity index (χ1n) is 5.32. The van der Waals surface area contributed by atoms with Crippen LogP contribution in [0, 0.1) is 5.82 Å². The van der Waals surface area contributed by atoms with Crippen LogP contribution in [-0.4, -0.2) is 14.5 Å². The molecule has 0 spiro atoms. The molecule has 0 unspecified atom stereocenters. The zero-order valence-corrected chi connectivity index (χ0v) is 9.05. The molecule has 3 aromatic rings. The van der Waals surface area contributed by atoms with Gasteiger partial charge in [0.15, 0.2) is 0 Å². The summed E-state index contributed by atoms with van der Waals surface area (Å²) in [5, 5.41) is 0.819. The minimum Gasteiger partial charge on any atom is -0.328 e. The summed E-state index contributed by atoms with van der Waals surface area (Å²) in [6.45, 7) is 0.713. The lowest BCUT2D eigenvalue weighted by atomic mass is 10.3. The zero-order valence-electron chi connectivity index (χ0n) is 9.05. The van der Waals surface area contributed by atoms with Gasteiger partial charge in [0.25, 0.3) is 0 Å². The molecular weight excluding hydrogens is 217 g/mol. The number of pyridine rings is 2. The molecule has 3 nitrogen and oxygen atoms in total. The molecule has 0 amide bonds. The maximum atomic E-state index is 13.0. The van der Waals surface area contributed by atoms with E-state index in [0.29, 0.717) is 6.54 Å². The van der Waals surface area contributed by atoms with Gasteiger partial charge >= 0.3 is 0 Å². The maximum Gasteiger partial charge on any atom is 0.142 e. The van der Waals surface area contributed by atoms with E-state index in [4.69, 9.17) is 0 Å². The van der Waals surface area contributed by atoms with Crippen LogP contribution < -0.4 is 0 Å². The molecule has 17 heavy (non-hydrogen) atoms. The van der Waals surface area contributed by atoms with Gasteiger partial charge in [-0.1, -0.05) is 0 Å². The summed E-state index contributed by atoms with van der Waals surface area (Å²) < 4.78 is 15.0. The Morgan fingerprint density at radius 3 is 2.82 bits per heavy atom. The van der Waals surface area contributed by atoms with Crippen LogP contribution in [0.3, 0.4) is 0 Å². The van der Waals surface area contributed by atoms with Crippen LogP contribution >= 0.6 is 0 Å². The summed E-state index contributed by atoms with van der Waals surface area (Å²) in [6, 6.07) is 7.27. The van der Waals surface area contributed by atoms with Gasteiger partial charge in [-0.2, -0.15) is 0 Å². The molecule has 84 valence electrons. The van der Waals surface area contributed by atoms with Crippen molar-refractivity contribution in [2.45, 2.75) is 6.54 Å². The highest BCUT2D eigenvalue weighted by Crippen LogP contribution is 2.15. The van der Waals surface area contributed by atoms with Crippen molar-refractivity contribution in [3.05, 3.63) is 60.4 Å². The van der Waals surface area contributed by atoms with Gasteiger partial charge in [-0.25, -0.2) is 9.37 Å². The SMILES string of the molecule is Fc1cnc2c(ccn2Cc2ccncc2)c1. The Hall–Kier alpha value is -2.23. The molecule has 3 aromatic heterocycles. The van der Waals surface area contributed by atoms with E-state index < -0.39 is 0 Å². The molecular formula is C13H10FN3. The van der Waals surface area contributed by atoms with Crippen LogP contribution in [0.15, 0.2) is 49.1 Å². The summed E-state index contributed by atoms with van der Waals surface area (Å²) in [5.41, 5.74) is 1.94. The van der Waals surface area contributed by atoms with E-state index in [1.165, 1.54) is 12.3 Å². The lowest BCUT2D eigenvalue weighted by molar-refractivity contribution is 0.623. The summed E-state index contributed by atoms with van der Waals surface area (Å²) in [7, 11) is 0. The van der Waals surface area contributed by atoms with E-state index in [2.05, 4.69) is 9.97 Å². The fraction of sp³-hybridized carbons (Fsp3) is 0.0769. The van der Waals surface area contributed by atoms with E-state index in [1.54, 1.807) is 12.4 Å². The Balaban J connectivity index is 2.01. The second kappa shape index (κ2) is 3.97. The average Bonchev–Trinajstić information content (AvgIpc) is 2.73. The normalized spacial score (nSPS) is 10.9. The standard InChI is InChI=1S/C13H10FN3/c14-12-7-11-3-6-17(13(11)16-8-12)9-10-1-4-15-5-2-10/h1-8H,9H2. The molecule has 0 saturated carbocycles. The van der Waals surface area contributed by atoms with E-state index >= 15 is 0 Å². The monoisotopic (exact) mass is 227 g/mol. The Morgan fingerprint density at radius 2 is 2.00 bits per heavy atom. The molecule has 0 atom stereocenters. The van der Waals surface area contributed by atoms with Gasteiger partial charge in [0.05, 0.1) is 6.20 Å². The third-order valence-corrected chi connectivity index (χ3v) is 2.67. The van der Waals surface area contributed by atoms with Crippen molar-refractivity contribution in [2.24, 2.45) is 0 Å². The molecule has 0 aromatic carbocycles. The smallest absolute Gasteiger partial charge is 0.142 e. The Bertz CT molecular complexity index is 646. The largest absolute Gasteiger partial charge is 0.328 e. The van der Waals surface area contributed by atoms with Gasteiger partial charge in [-0.15, -0.1) is 0 Å². The molecule has 4 heteroatoms. The minimum absolute atomic E-state index is 0.306. The fourth-order valence-corrected chi connectivity index (χ4v) is 1.86. The van der Waals surface area contributed by atoms with Gasteiger partial charge in [0.2, 0.25) is 0 Å². The predicted octanol–water partition coefficient (Wildman–Crippen LogP) is 2.62. The number of aromatic nitrogens is 3. The first-order valence-corrected chi connectivity index (χ1v) is 5.32. The topological polar surface area (TPSA) is 30.7 Å². The minimum atomic E-state index is -0.306. The van der Waals surface area contributed by atoms with Gasteiger partial charge in [-0.3, -0.25) is 4.98 Å². The molecule has 0 N–H and O–H groups in total. The lowest BCUT2D eigenvalue weighted by Crippen LogP contribution is -1.99. The molecule has 0 aliphatic carbocycles. The number of nitrogens with zero attached hydrogens (tertiary/aromatic N) is 3. The summed E-state index contributed by atoms with van der Waals surface area (Å²) in [6.07, 6.45) is 6.67. The third-order valence-electron chi connectivity index (χ3n) is 2.67. The quantitative estimate of drug-likeness (QED) is 0.673. The molecule has 0 saturated heterocycles. The van der Waals surface area contributed by atoms with E-state index in [9.17, 15) is 4.39 Å². The number of hydrogen-bond donors (Lipinski definition) is 0. The second-order valence-corrected chi connectivity index (χ2v) is 3.87. The van der Waals surface area contributed by atoms with Crippen molar-refractivity contribution in [3.63, 3.8) is 0 Å². The maximum absolute atomic E-state index is 13.0. The third kappa shape index (κ3) is 1.89. The van der Waals surface area contributed by atoms with Crippen molar-refractivity contribution in [1.82, 2.24) is 14.5 Å². The highest BCUT2D eigenvalue weighted by Gasteiger charge is 2.04. The van der Waals surface area contributed by atoms with Gasteiger partial charge in [0.1, 0.15) is 11.5 Å². The van der Waals surface area contributed by atoms with Gasteiger partial charge in [-0.05, 0) is 29.8 Å². The molecule has 0 bridgehead atoms. The van der Waals surface area contributed by atoms with Crippen LogP contribution in [0.2, 0.25) is 0 Å². The van der Waals surface area contributed by atoms with Crippen molar-refractivity contribution >= 4 is 11.0 Å². The highest BCUT2D eigenvalue weighted by atomic mass is 19.1. The number of fused-ring (bicyclic) bond motifs is 1. The first-order chi connectivity index (χ1) is 8.33. The molecule has 3 heterocycles. The van der Waals surface area contributed by atoms with Crippen molar-refractivity contribution in [1.29, 1.82) is 0 Å². The average molecular weight is 227 g/mol. The zero-order chi connectivity index (χ0) is 11.7. The number of halogens is 1. The number of hydrogen-bond acceptors (Lipinski definition) is 2. The van der Waals surface area contributed by atoms with Crippen LogP contribution in [0.4, 0.5) is 4.39 Å². The molecule has 3 rings (SSSR count). The Labute approximate surface area is 97.6 Å². The van der Waals surface area contributed by atoms with Crippen LogP contribution in [-0.2, 0) is 6.54 Å². The van der Waals surface area contributed by atoms with Crippen LogP contribution in [0.25, 0.3) is 11.0 Å². The highest BCUT2D eigenvalue weighted by molar-refractivity contribution is 5.75. The van der Waals surface area contributed by atoms with Crippen LogP contribution in [0.1, 0.15) is 5.56 Å².